The second kappa shape index (κ2) is 7.82. The summed E-state index contributed by atoms with van der Waals surface area (Å²) in [5, 5.41) is 19.9. The minimum atomic E-state index is -0.969. The average molecular weight is 358 g/mol. The number of aromatic amines is 1. The van der Waals surface area contributed by atoms with Gasteiger partial charge in [0, 0.05) is 36.8 Å². The highest BCUT2D eigenvalue weighted by atomic mass is 16.5. The fourth-order valence-electron chi connectivity index (χ4n) is 3.53. The first-order valence-electron chi connectivity index (χ1n) is 8.46. The van der Waals surface area contributed by atoms with Crippen molar-refractivity contribution in [2.45, 2.75) is 25.1 Å². The van der Waals surface area contributed by atoms with Gasteiger partial charge in [0.05, 0.1) is 31.4 Å². The van der Waals surface area contributed by atoms with E-state index in [1.807, 2.05) is 35.2 Å². The largest absolute Gasteiger partial charge is 0.465 e. The number of carbonyl (C=O) groups excluding carboxylic acids is 1. The van der Waals surface area contributed by atoms with Crippen LogP contribution in [0.25, 0.3) is 0 Å². The first-order chi connectivity index (χ1) is 12.5. The van der Waals surface area contributed by atoms with Crippen LogP contribution in [-0.4, -0.2) is 52.4 Å². The lowest BCUT2D eigenvalue weighted by Crippen LogP contribution is -2.42. The molecule has 3 rings (SSSR count). The van der Waals surface area contributed by atoms with Crippen LogP contribution in [0.3, 0.4) is 0 Å². The molecule has 0 bridgehead atoms. The fourth-order valence-corrected chi connectivity index (χ4v) is 3.53. The summed E-state index contributed by atoms with van der Waals surface area (Å²) in [4.78, 5) is 28.7. The number of nitrogens with zero attached hydrogens (tertiary/aromatic N) is 1. The van der Waals surface area contributed by atoms with Crippen LogP contribution < -0.4 is 5.56 Å². The third-order valence-electron chi connectivity index (χ3n) is 4.74. The fraction of sp³-hybridized carbons (Fsp3) is 0.368. The molecule has 1 aromatic heterocycles. The summed E-state index contributed by atoms with van der Waals surface area (Å²) in [5.74, 6) is -0.562. The van der Waals surface area contributed by atoms with E-state index >= 15 is 0 Å². The zero-order chi connectivity index (χ0) is 18.7. The molecule has 7 nitrogen and oxygen atoms in total. The summed E-state index contributed by atoms with van der Waals surface area (Å²) in [5.41, 5.74) is 2.17. The predicted octanol–water partition coefficient (Wildman–Crippen LogP) is 0.614. The molecule has 1 aliphatic rings. The number of hydrogen-bond donors (Lipinski definition) is 3. The van der Waals surface area contributed by atoms with Gasteiger partial charge in [-0.25, -0.2) is 4.79 Å². The molecular weight excluding hydrogens is 336 g/mol. The predicted molar refractivity (Wildman–Crippen MR) is 94.8 cm³/mol. The molecule has 0 spiro atoms. The lowest BCUT2D eigenvalue weighted by molar-refractivity contribution is 0.00345. The Kier molecular flexibility index (Phi) is 5.51. The van der Waals surface area contributed by atoms with E-state index in [1.54, 1.807) is 0 Å². The molecule has 1 aliphatic heterocycles. The van der Waals surface area contributed by atoms with Gasteiger partial charge < -0.3 is 19.9 Å². The molecule has 0 radical (unpaired) electrons. The van der Waals surface area contributed by atoms with Crippen molar-refractivity contribution in [2.75, 3.05) is 20.3 Å². The van der Waals surface area contributed by atoms with Crippen molar-refractivity contribution in [3.63, 3.8) is 0 Å². The molecule has 7 heteroatoms. The number of fused-ring (bicyclic) bond motifs is 1. The van der Waals surface area contributed by atoms with Gasteiger partial charge in [-0.2, -0.15) is 0 Å². The second-order valence-electron chi connectivity index (χ2n) is 6.32. The van der Waals surface area contributed by atoms with Crippen molar-refractivity contribution in [3.8, 4) is 0 Å². The normalized spacial score (nSPS) is 16.6. The van der Waals surface area contributed by atoms with Crippen LogP contribution in [0.4, 0.5) is 0 Å². The number of esters is 1. The average Bonchev–Trinajstić information content (AvgIpc) is 2.67. The highest BCUT2D eigenvalue weighted by Gasteiger charge is 2.32. The number of H-pyrrole nitrogens is 1. The van der Waals surface area contributed by atoms with E-state index in [4.69, 9.17) is 4.74 Å². The van der Waals surface area contributed by atoms with Gasteiger partial charge in [-0.15, -0.1) is 0 Å². The van der Waals surface area contributed by atoms with E-state index in [9.17, 15) is 19.8 Å². The van der Waals surface area contributed by atoms with Crippen LogP contribution >= 0.6 is 0 Å². The van der Waals surface area contributed by atoms with Crippen LogP contribution in [0, 0.1) is 0 Å². The van der Waals surface area contributed by atoms with Crippen LogP contribution in [0.5, 0.6) is 0 Å². The molecule has 1 aromatic carbocycles. The third-order valence-corrected chi connectivity index (χ3v) is 4.74. The molecule has 0 amide bonds. The van der Waals surface area contributed by atoms with Gasteiger partial charge in [0.1, 0.15) is 0 Å². The number of benzene rings is 1. The number of carbonyl (C=O) groups is 1. The SMILES string of the molecule is COC(=O)c1cc(=O)[nH]c2c1CN(C(c1ccccc1)C(O)CO)CC2. The minimum Gasteiger partial charge on any atom is -0.465 e. The Labute approximate surface area is 150 Å². The first kappa shape index (κ1) is 18.3. The van der Waals surface area contributed by atoms with Crippen molar-refractivity contribution < 1.29 is 19.7 Å². The maximum atomic E-state index is 12.1. The van der Waals surface area contributed by atoms with Crippen molar-refractivity contribution in [1.29, 1.82) is 0 Å². The molecule has 2 aromatic rings. The Morgan fingerprint density at radius 2 is 2.08 bits per heavy atom. The van der Waals surface area contributed by atoms with Gasteiger partial charge in [-0.05, 0) is 5.56 Å². The number of aliphatic hydroxyl groups is 2. The summed E-state index contributed by atoms with van der Waals surface area (Å²) < 4.78 is 4.81. The smallest absolute Gasteiger partial charge is 0.338 e. The molecule has 0 fully saturated rings. The molecule has 2 atom stereocenters. The molecule has 26 heavy (non-hydrogen) atoms. The minimum absolute atomic E-state index is 0.237. The number of ether oxygens (including phenoxy) is 1. The van der Waals surface area contributed by atoms with Gasteiger partial charge in [-0.1, -0.05) is 30.3 Å². The number of pyridine rings is 1. The molecule has 0 saturated carbocycles. The number of nitrogens with one attached hydrogen (secondary N) is 1. The van der Waals surface area contributed by atoms with E-state index in [-0.39, 0.29) is 17.7 Å². The summed E-state index contributed by atoms with van der Waals surface area (Å²) >= 11 is 0. The highest BCUT2D eigenvalue weighted by Crippen LogP contribution is 2.30. The van der Waals surface area contributed by atoms with Crippen LogP contribution in [0.15, 0.2) is 41.2 Å². The second-order valence-corrected chi connectivity index (χ2v) is 6.32. The van der Waals surface area contributed by atoms with Crippen LogP contribution in [-0.2, 0) is 17.7 Å². The maximum Gasteiger partial charge on any atom is 0.338 e. The lowest BCUT2D eigenvalue weighted by Gasteiger charge is -2.38. The van der Waals surface area contributed by atoms with E-state index in [1.165, 1.54) is 13.2 Å². The van der Waals surface area contributed by atoms with Crippen LogP contribution in [0.2, 0.25) is 0 Å². The van der Waals surface area contributed by atoms with Crippen molar-refractivity contribution in [1.82, 2.24) is 9.88 Å². The Morgan fingerprint density at radius 3 is 2.73 bits per heavy atom. The topological polar surface area (TPSA) is 103 Å². The Bertz CT molecular complexity index is 834. The zero-order valence-electron chi connectivity index (χ0n) is 14.5. The number of hydrogen-bond acceptors (Lipinski definition) is 6. The number of aromatic nitrogens is 1. The van der Waals surface area contributed by atoms with Gasteiger partial charge in [-0.3, -0.25) is 9.69 Å². The highest BCUT2D eigenvalue weighted by molar-refractivity contribution is 5.91. The quantitative estimate of drug-likeness (QED) is 0.677. The van der Waals surface area contributed by atoms with Crippen molar-refractivity contribution in [3.05, 3.63) is 69.1 Å². The molecule has 0 saturated heterocycles. The van der Waals surface area contributed by atoms with Gasteiger partial charge in [0.15, 0.2) is 0 Å². The monoisotopic (exact) mass is 358 g/mol. The number of methoxy groups -OCH3 is 1. The van der Waals surface area contributed by atoms with E-state index in [2.05, 4.69) is 4.98 Å². The zero-order valence-corrected chi connectivity index (χ0v) is 14.5. The lowest BCUT2D eigenvalue weighted by atomic mass is 9.94. The molecule has 3 N–H and O–H groups in total. The summed E-state index contributed by atoms with van der Waals surface area (Å²) in [6, 6.07) is 10.3. The number of aliphatic hydroxyl groups excluding tert-OH is 2. The van der Waals surface area contributed by atoms with E-state index in [0.717, 1.165) is 5.56 Å². The summed E-state index contributed by atoms with van der Waals surface area (Å²) in [6.07, 6.45) is -0.444. The Balaban J connectivity index is 2.00. The molecule has 2 heterocycles. The molecule has 138 valence electrons. The molecular formula is C19H22N2O5. The van der Waals surface area contributed by atoms with Gasteiger partial charge in [0.25, 0.3) is 0 Å². The summed E-state index contributed by atoms with van der Waals surface area (Å²) in [6.45, 7) is 0.551. The van der Waals surface area contributed by atoms with Crippen molar-refractivity contribution >= 4 is 5.97 Å². The molecule has 0 aliphatic carbocycles. The maximum absolute atomic E-state index is 12.1. The first-order valence-corrected chi connectivity index (χ1v) is 8.46. The molecule has 2 unspecified atom stereocenters. The Morgan fingerprint density at radius 1 is 1.35 bits per heavy atom. The summed E-state index contributed by atoms with van der Waals surface area (Å²) in [7, 11) is 1.28. The van der Waals surface area contributed by atoms with E-state index < -0.39 is 18.1 Å². The number of rotatable bonds is 5. The Hall–Kier alpha value is -2.48. The van der Waals surface area contributed by atoms with Gasteiger partial charge >= 0.3 is 5.97 Å². The van der Waals surface area contributed by atoms with Crippen LogP contribution in [0.1, 0.15) is 33.2 Å². The third kappa shape index (κ3) is 3.55. The van der Waals surface area contributed by atoms with E-state index in [0.29, 0.717) is 30.8 Å². The van der Waals surface area contributed by atoms with Crippen molar-refractivity contribution in [2.24, 2.45) is 0 Å². The van der Waals surface area contributed by atoms with Gasteiger partial charge in [0.2, 0.25) is 5.56 Å². The standard InChI is InChI=1S/C19H22N2O5/c1-26-19(25)13-9-17(24)20-15-7-8-21(10-14(13)15)18(16(23)11-22)12-5-3-2-4-6-12/h2-6,9,16,18,22-23H,7-8,10-11H2,1H3,(H,20,24).